The largest absolute Gasteiger partial charge is 0.395 e. The van der Waals surface area contributed by atoms with Gasteiger partial charge in [0, 0.05) is 19.1 Å². The first-order valence-corrected chi connectivity index (χ1v) is 6.63. The van der Waals surface area contributed by atoms with Gasteiger partial charge in [-0.15, -0.1) is 0 Å². The molecular weight excluding hydrogens is 202 g/mol. The molecule has 1 aliphatic heterocycles. The minimum atomic E-state index is 0.0646. The fraction of sp³-hybridized carbons (Fsp3) is 1.00. The summed E-state index contributed by atoms with van der Waals surface area (Å²) in [6.07, 6.45) is 6.66. The van der Waals surface area contributed by atoms with Gasteiger partial charge in [0.25, 0.3) is 0 Å². The van der Waals surface area contributed by atoms with Gasteiger partial charge in [-0.05, 0) is 39.5 Å². The Morgan fingerprint density at radius 3 is 2.50 bits per heavy atom. The van der Waals surface area contributed by atoms with Crippen LogP contribution in [0.1, 0.15) is 46.0 Å². The molecule has 2 aliphatic rings. The van der Waals surface area contributed by atoms with Crippen LogP contribution in [-0.4, -0.2) is 47.4 Å². The van der Waals surface area contributed by atoms with Crippen molar-refractivity contribution < 1.29 is 9.84 Å². The maximum absolute atomic E-state index is 9.10. The van der Waals surface area contributed by atoms with E-state index in [0.29, 0.717) is 12.1 Å². The molecule has 1 aliphatic carbocycles. The van der Waals surface area contributed by atoms with Gasteiger partial charge >= 0.3 is 0 Å². The van der Waals surface area contributed by atoms with Crippen LogP contribution >= 0.6 is 0 Å². The Bertz CT molecular complexity index is 226. The second-order valence-corrected chi connectivity index (χ2v) is 5.84. The average Bonchev–Trinajstić information content (AvgIpc) is 2.43. The highest BCUT2D eigenvalue weighted by molar-refractivity contribution is 4.86. The SMILES string of the molecule is CC1(C)CCC(CN(CCO)C2CCC2)O1. The summed E-state index contributed by atoms with van der Waals surface area (Å²) in [6.45, 7) is 6.44. The lowest BCUT2D eigenvalue weighted by molar-refractivity contribution is -0.0408. The van der Waals surface area contributed by atoms with Crippen molar-refractivity contribution in [3.05, 3.63) is 0 Å². The van der Waals surface area contributed by atoms with E-state index in [1.165, 1.54) is 25.7 Å². The Kier molecular flexibility index (Phi) is 3.88. The molecule has 0 bridgehead atoms. The van der Waals surface area contributed by atoms with E-state index in [1.807, 2.05) is 0 Å². The molecule has 3 heteroatoms. The van der Waals surface area contributed by atoms with Gasteiger partial charge in [0.2, 0.25) is 0 Å². The molecule has 1 unspecified atom stereocenters. The van der Waals surface area contributed by atoms with Crippen molar-refractivity contribution in [3.63, 3.8) is 0 Å². The van der Waals surface area contributed by atoms with Crippen molar-refractivity contribution in [3.8, 4) is 0 Å². The number of hydrogen-bond donors (Lipinski definition) is 1. The fourth-order valence-corrected chi connectivity index (χ4v) is 2.77. The summed E-state index contributed by atoms with van der Waals surface area (Å²) in [7, 11) is 0. The molecule has 0 aromatic rings. The second-order valence-electron chi connectivity index (χ2n) is 5.84. The molecule has 0 aromatic carbocycles. The molecule has 0 radical (unpaired) electrons. The van der Waals surface area contributed by atoms with E-state index < -0.39 is 0 Å². The molecule has 1 heterocycles. The van der Waals surface area contributed by atoms with E-state index >= 15 is 0 Å². The van der Waals surface area contributed by atoms with Crippen LogP contribution < -0.4 is 0 Å². The first-order chi connectivity index (χ1) is 7.61. The summed E-state index contributed by atoms with van der Waals surface area (Å²) in [4.78, 5) is 2.43. The highest BCUT2D eigenvalue weighted by Gasteiger charge is 2.34. The van der Waals surface area contributed by atoms with Crippen molar-refractivity contribution in [1.29, 1.82) is 0 Å². The third-order valence-electron chi connectivity index (χ3n) is 3.97. The lowest BCUT2D eigenvalue weighted by atomic mass is 9.91. The number of ether oxygens (including phenoxy) is 1. The topological polar surface area (TPSA) is 32.7 Å². The van der Waals surface area contributed by atoms with Gasteiger partial charge in [-0.1, -0.05) is 6.42 Å². The minimum Gasteiger partial charge on any atom is -0.395 e. The molecule has 2 fully saturated rings. The summed E-state index contributed by atoms with van der Waals surface area (Å²) in [5.41, 5.74) is 0.0646. The number of rotatable bonds is 5. The third-order valence-corrected chi connectivity index (χ3v) is 3.97. The summed E-state index contributed by atoms with van der Waals surface area (Å²) >= 11 is 0. The van der Waals surface area contributed by atoms with Crippen molar-refractivity contribution in [2.75, 3.05) is 19.7 Å². The molecule has 16 heavy (non-hydrogen) atoms. The van der Waals surface area contributed by atoms with Gasteiger partial charge in [0.05, 0.1) is 18.3 Å². The van der Waals surface area contributed by atoms with Crippen molar-refractivity contribution in [2.24, 2.45) is 0 Å². The minimum absolute atomic E-state index is 0.0646. The van der Waals surface area contributed by atoms with Crippen LogP contribution in [0.4, 0.5) is 0 Å². The van der Waals surface area contributed by atoms with Gasteiger partial charge in [0.1, 0.15) is 0 Å². The van der Waals surface area contributed by atoms with Crippen molar-refractivity contribution in [2.45, 2.75) is 63.7 Å². The highest BCUT2D eigenvalue weighted by Crippen LogP contribution is 2.31. The normalized spacial score (nSPS) is 29.6. The molecule has 1 atom stereocenters. The van der Waals surface area contributed by atoms with Crippen LogP contribution in [0.25, 0.3) is 0 Å². The van der Waals surface area contributed by atoms with Gasteiger partial charge in [-0.25, -0.2) is 0 Å². The Balaban J connectivity index is 1.81. The third kappa shape index (κ3) is 2.96. The van der Waals surface area contributed by atoms with Crippen LogP contribution in [0.3, 0.4) is 0 Å². The molecular formula is C13H25NO2. The Morgan fingerprint density at radius 1 is 1.31 bits per heavy atom. The predicted molar refractivity (Wildman–Crippen MR) is 64.5 cm³/mol. The Hall–Kier alpha value is -0.120. The molecule has 0 aromatic heterocycles. The standard InChI is InChI=1S/C13H25NO2/c1-13(2)7-6-12(16-13)10-14(8-9-15)11-4-3-5-11/h11-12,15H,3-10H2,1-2H3. The predicted octanol–water partition coefficient (Wildman–Crippen LogP) is 1.79. The zero-order chi connectivity index (χ0) is 11.6. The molecule has 0 amide bonds. The Morgan fingerprint density at radius 2 is 2.06 bits per heavy atom. The van der Waals surface area contributed by atoms with Crippen LogP contribution in [0.5, 0.6) is 0 Å². The second kappa shape index (κ2) is 5.03. The van der Waals surface area contributed by atoms with E-state index in [1.54, 1.807) is 0 Å². The summed E-state index contributed by atoms with van der Waals surface area (Å²) in [6, 6.07) is 0.708. The number of hydrogen-bond acceptors (Lipinski definition) is 3. The molecule has 3 nitrogen and oxygen atoms in total. The zero-order valence-corrected chi connectivity index (χ0v) is 10.6. The van der Waals surface area contributed by atoms with E-state index in [4.69, 9.17) is 9.84 Å². The maximum atomic E-state index is 9.10. The number of aliphatic hydroxyl groups excluding tert-OH is 1. The van der Waals surface area contributed by atoms with E-state index in [-0.39, 0.29) is 12.2 Å². The molecule has 2 rings (SSSR count). The zero-order valence-electron chi connectivity index (χ0n) is 10.6. The number of nitrogens with zero attached hydrogens (tertiary/aromatic N) is 1. The average molecular weight is 227 g/mol. The van der Waals surface area contributed by atoms with Crippen LogP contribution in [0.2, 0.25) is 0 Å². The smallest absolute Gasteiger partial charge is 0.0710 e. The first kappa shape index (κ1) is 12.3. The summed E-state index contributed by atoms with van der Waals surface area (Å²) in [5.74, 6) is 0. The van der Waals surface area contributed by atoms with E-state index in [0.717, 1.165) is 19.5 Å². The summed E-state index contributed by atoms with van der Waals surface area (Å²) < 4.78 is 6.02. The van der Waals surface area contributed by atoms with Gasteiger partial charge in [-0.3, -0.25) is 4.90 Å². The van der Waals surface area contributed by atoms with Crippen LogP contribution in [-0.2, 0) is 4.74 Å². The molecule has 1 N–H and O–H groups in total. The van der Waals surface area contributed by atoms with Crippen molar-refractivity contribution in [1.82, 2.24) is 4.90 Å². The highest BCUT2D eigenvalue weighted by atomic mass is 16.5. The summed E-state index contributed by atoms with van der Waals surface area (Å²) in [5, 5.41) is 9.10. The molecule has 1 saturated carbocycles. The van der Waals surface area contributed by atoms with Gasteiger partial charge in [0.15, 0.2) is 0 Å². The van der Waals surface area contributed by atoms with Gasteiger partial charge in [-0.2, -0.15) is 0 Å². The molecule has 94 valence electrons. The van der Waals surface area contributed by atoms with Crippen LogP contribution in [0, 0.1) is 0 Å². The number of aliphatic hydroxyl groups is 1. The fourth-order valence-electron chi connectivity index (χ4n) is 2.77. The van der Waals surface area contributed by atoms with Crippen LogP contribution in [0.15, 0.2) is 0 Å². The van der Waals surface area contributed by atoms with E-state index in [2.05, 4.69) is 18.7 Å². The quantitative estimate of drug-likeness (QED) is 0.777. The first-order valence-electron chi connectivity index (χ1n) is 6.63. The van der Waals surface area contributed by atoms with Crippen molar-refractivity contribution >= 4 is 0 Å². The lowest BCUT2D eigenvalue weighted by Gasteiger charge is -2.38. The Labute approximate surface area is 98.8 Å². The monoisotopic (exact) mass is 227 g/mol. The molecule has 1 saturated heterocycles. The lowest BCUT2D eigenvalue weighted by Crippen LogP contribution is -2.45. The maximum Gasteiger partial charge on any atom is 0.0710 e. The molecule has 0 spiro atoms. The van der Waals surface area contributed by atoms with E-state index in [9.17, 15) is 0 Å². The van der Waals surface area contributed by atoms with Gasteiger partial charge < -0.3 is 9.84 Å².